The molecular weight excluding hydrogens is 400 g/mol. The number of para-hydroxylation sites is 1. The Balaban J connectivity index is 2.42. The van der Waals surface area contributed by atoms with E-state index in [1.54, 1.807) is 4.90 Å². The highest BCUT2D eigenvalue weighted by atomic mass is 79.9. The first-order chi connectivity index (χ1) is 9.95. The third kappa shape index (κ3) is 3.48. The van der Waals surface area contributed by atoms with Crippen molar-refractivity contribution < 1.29 is 9.59 Å². The summed E-state index contributed by atoms with van der Waals surface area (Å²) in [5.74, 6) is -0.0227. The van der Waals surface area contributed by atoms with Crippen molar-refractivity contribution in [3.63, 3.8) is 0 Å². The summed E-state index contributed by atoms with van der Waals surface area (Å²) >= 11 is 6.99. The van der Waals surface area contributed by atoms with Crippen molar-refractivity contribution in [1.82, 2.24) is 5.32 Å². The lowest BCUT2D eigenvalue weighted by molar-refractivity contribution is -0.126. The Morgan fingerprint density at radius 2 is 1.95 bits per heavy atom. The van der Waals surface area contributed by atoms with Crippen LogP contribution in [0.4, 0.5) is 5.69 Å². The molecule has 2 unspecified atom stereocenters. The van der Waals surface area contributed by atoms with E-state index in [0.29, 0.717) is 13.0 Å². The molecule has 1 aliphatic rings. The van der Waals surface area contributed by atoms with Crippen LogP contribution in [0, 0.1) is 5.92 Å². The summed E-state index contributed by atoms with van der Waals surface area (Å²) in [4.78, 5) is 26.5. The summed E-state index contributed by atoms with van der Waals surface area (Å²) in [6.07, 6.45) is 1.15. The van der Waals surface area contributed by atoms with E-state index in [0.717, 1.165) is 21.1 Å². The van der Waals surface area contributed by atoms with Gasteiger partial charge in [-0.3, -0.25) is 9.59 Å². The molecule has 2 amide bonds. The van der Waals surface area contributed by atoms with Crippen LogP contribution >= 0.6 is 31.9 Å². The first-order valence-electron chi connectivity index (χ1n) is 7.00. The number of nitrogens with one attached hydrogen (secondary N) is 1. The van der Waals surface area contributed by atoms with Gasteiger partial charge in [0.1, 0.15) is 6.04 Å². The van der Waals surface area contributed by atoms with Crippen molar-refractivity contribution in [1.29, 1.82) is 0 Å². The number of amides is 2. The van der Waals surface area contributed by atoms with E-state index in [4.69, 9.17) is 0 Å². The quantitative estimate of drug-likeness (QED) is 0.818. The first kappa shape index (κ1) is 16.5. The average molecular weight is 418 g/mol. The predicted octanol–water partition coefficient (Wildman–Crippen LogP) is 3.48. The third-order valence-electron chi connectivity index (χ3n) is 3.83. The molecule has 1 saturated heterocycles. The normalized spacial score (nSPS) is 21.0. The molecule has 1 heterocycles. The lowest BCUT2D eigenvalue weighted by atomic mass is 9.98. The van der Waals surface area contributed by atoms with Crippen LogP contribution in [0.5, 0.6) is 0 Å². The molecule has 0 radical (unpaired) electrons. The molecule has 0 spiro atoms. The summed E-state index contributed by atoms with van der Waals surface area (Å²) in [6.45, 7) is 4.40. The zero-order valence-corrected chi connectivity index (χ0v) is 15.2. The molecule has 1 fully saturated rings. The summed E-state index contributed by atoms with van der Waals surface area (Å²) in [5.41, 5.74) is 0.785. The second kappa shape index (κ2) is 6.92. The topological polar surface area (TPSA) is 49.4 Å². The van der Waals surface area contributed by atoms with Gasteiger partial charge < -0.3 is 10.2 Å². The van der Waals surface area contributed by atoms with E-state index >= 15 is 0 Å². The highest BCUT2D eigenvalue weighted by Crippen LogP contribution is 2.35. The van der Waals surface area contributed by atoms with Gasteiger partial charge in [0.25, 0.3) is 0 Å². The molecule has 1 aliphatic heterocycles. The van der Waals surface area contributed by atoms with Crippen molar-refractivity contribution >= 4 is 49.4 Å². The van der Waals surface area contributed by atoms with Gasteiger partial charge in [0.05, 0.1) is 5.69 Å². The van der Waals surface area contributed by atoms with Crippen molar-refractivity contribution in [2.24, 2.45) is 5.92 Å². The van der Waals surface area contributed by atoms with Crippen LogP contribution in [0.15, 0.2) is 27.1 Å². The molecule has 114 valence electrons. The molecule has 0 aliphatic carbocycles. The number of nitrogens with zero attached hydrogens (tertiary/aromatic N) is 1. The van der Waals surface area contributed by atoms with Gasteiger partial charge in [-0.2, -0.15) is 0 Å². The van der Waals surface area contributed by atoms with Gasteiger partial charge in [-0.05, 0) is 49.9 Å². The molecule has 21 heavy (non-hydrogen) atoms. The van der Waals surface area contributed by atoms with Crippen LogP contribution in [0.3, 0.4) is 0 Å². The lowest BCUT2D eigenvalue weighted by Gasteiger charge is -2.28. The smallest absolute Gasteiger partial charge is 0.249 e. The molecule has 6 heteroatoms. The average Bonchev–Trinajstić information content (AvgIpc) is 2.59. The zero-order valence-electron chi connectivity index (χ0n) is 12.0. The Bertz CT molecular complexity index is 542. The highest BCUT2D eigenvalue weighted by Gasteiger charge is 2.34. The number of hydrogen-bond donors (Lipinski definition) is 1. The maximum Gasteiger partial charge on any atom is 0.249 e. The van der Waals surface area contributed by atoms with Crippen molar-refractivity contribution in [3.05, 3.63) is 27.1 Å². The molecule has 0 bridgehead atoms. The number of carbonyl (C=O) groups is 2. The number of hydrogen-bond acceptors (Lipinski definition) is 2. The van der Waals surface area contributed by atoms with Crippen molar-refractivity contribution in [3.8, 4) is 0 Å². The van der Waals surface area contributed by atoms with Crippen molar-refractivity contribution in [2.45, 2.75) is 32.7 Å². The SMILES string of the molecule is CCC(C)C1NC(=O)CCN(c2c(Br)cccc2Br)C1=O. The minimum absolute atomic E-state index is 0.0530. The van der Waals surface area contributed by atoms with Crippen LogP contribution in [0.25, 0.3) is 0 Å². The van der Waals surface area contributed by atoms with Crippen LogP contribution in [-0.2, 0) is 9.59 Å². The number of benzene rings is 1. The van der Waals surface area contributed by atoms with Gasteiger partial charge in [0.2, 0.25) is 11.8 Å². The van der Waals surface area contributed by atoms with Crippen LogP contribution in [-0.4, -0.2) is 24.4 Å². The fourth-order valence-electron chi connectivity index (χ4n) is 2.39. The minimum Gasteiger partial charge on any atom is -0.344 e. The molecule has 0 saturated carbocycles. The standard InChI is InChI=1S/C15H18Br2N2O2/c1-3-9(2)13-15(21)19(8-7-12(20)18-13)14-10(16)5-4-6-11(14)17/h4-6,9,13H,3,7-8H2,1-2H3,(H,18,20). The van der Waals surface area contributed by atoms with Crippen molar-refractivity contribution in [2.75, 3.05) is 11.4 Å². The summed E-state index contributed by atoms with van der Waals surface area (Å²) < 4.78 is 1.67. The van der Waals surface area contributed by atoms with E-state index in [1.807, 2.05) is 32.0 Å². The Labute approximate surface area is 141 Å². The molecule has 2 atom stereocenters. The van der Waals surface area contributed by atoms with E-state index in [9.17, 15) is 9.59 Å². The third-order valence-corrected chi connectivity index (χ3v) is 5.11. The summed E-state index contributed by atoms with van der Waals surface area (Å²) in [7, 11) is 0. The second-order valence-electron chi connectivity index (χ2n) is 5.24. The van der Waals surface area contributed by atoms with Gasteiger partial charge in [-0.25, -0.2) is 0 Å². The van der Waals surface area contributed by atoms with Gasteiger partial charge >= 0.3 is 0 Å². The second-order valence-corrected chi connectivity index (χ2v) is 6.95. The maximum absolute atomic E-state index is 12.9. The highest BCUT2D eigenvalue weighted by molar-refractivity contribution is 9.11. The molecule has 2 rings (SSSR count). The summed E-state index contributed by atoms with van der Waals surface area (Å²) in [5, 5.41) is 2.86. The van der Waals surface area contributed by atoms with Gasteiger partial charge in [-0.15, -0.1) is 0 Å². The van der Waals surface area contributed by atoms with E-state index in [-0.39, 0.29) is 17.7 Å². The molecule has 1 aromatic rings. The Hall–Kier alpha value is -0.880. The number of carbonyl (C=O) groups excluding carboxylic acids is 2. The number of rotatable bonds is 3. The molecule has 0 aromatic heterocycles. The lowest BCUT2D eigenvalue weighted by Crippen LogP contribution is -2.48. The largest absolute Gasteiger partial charge is 0.344 e. The monoisotopic (exact) mass is 416 g/mol. The summed E-state index contributed by atoms with van der Waals surface area (Å²) in [6, 6.07) is 5.22. The molecule has 1 N–H and O–H groups in total. The number of anilines is 1. The fraction of sp³-hybridized carbons (Fsp3) is 0.467. The predicted molar refractivity (Wildman–Crippen MR) is 90.2 cm³/mol. The van der Waals surface area contributed by atoms with Gasteiger partial charge in [0.15, 0.2) is 0 Å². The molecular formula is C15H18Br2N2O2. The van der Waals surface area contributed by atoms with E-state index in [1.165, 1.54) is 0 Å². The number of halogens is 2. The first-order valence-corrected chi connectivity index (χ1v) is 8.59. The molecule has 4 nitrogen and oxygen atoms in total. The van der Waals surface area contributed by atoms with E-state index < -0.39 is 6.04 Å². The van der Waals surface area contributed by atoms with Crippen LogP contribution in [0.2, 0.25) is 0 Å². The van der Waals surface area contributed by atoms with E-state index in [2.05, 4.69) is 37.2 Å². The Kier molecular flexibility index (Phi) is 5.43. The van der Waals surface area contributed by atoms with Gasteiger partial charge in [0, 0.05) is 21.9 Å². The Morgan fingerprint density at radius 1 is 1.33 bits per heavy atom. The van der Waals surface area contributed by atoms with Gasteiger partial charge in [-0.1, -0.05) is 26.3 Å². The maximum atomic E-state index is 12.9. The fourth-order valence-corrected chi connectivity index (χ4v) is 3.82. The van der Waals surface area contributed by atoms with Crippen LogP contribution in [0.1, 0.15) is 26.7 Å². The van der Waals surface area contributed by atoms with Crippen LogP contribution < -0.4 is 10.2 Å². The molecule has 1 aromatic carbocycles. The Morgan fingerprint density at radius 3 is 2.52 bits per heavy atom. The zero-order chi connectivity index (χ0) is 15.6. The minimum atomic E-state index is -0.469.